The van der Waals surface area contributed by atoms with Gasteiger partial charge in [0.2, 0.25) is 0 Å². The van der Waals surface area contributed by atoms with E-state index in [-0.39, 0.29) is 28.2 Å². The van der Waals surface area contributed by atoms with Crippen molar-refractivity contribution in [3.63, 3.8) is 0 Å². The summed E-state index contributed by atoms with van der Waals surface area (Å²) in [5.74, 6) is 0.303. The quantitative estimate of drug-likeness (QED) is 0.198. The summed E-state index contributed by atoms with van der Waals surface area (Å²) in [6.07, 6.45) is 9.80. The summed E-state index contributed by atoms with van der Waals surface area (Å²) in [6.45, 7) is 24.0. The van der Waals surface area contributed by atoms with Gasteiger partial charge in [-0.25, -0.2) is 0 Å². The van der Waals surface area contributed by atoms with E-state index in [0.717, 1.165) is 18.4 Å². The Morgan fingerprint density at radius 3 is 1.98 bits per heavy atom. The van der Waals surface area contributed by atoms with Crippen LogP contribution < -0.4 is 10.4 Å². The molecule has 2 aromatic carbocycles. The first-order valence-electron chi connectivity index (χ1n) is 18.8. The van der Waals surface area contributed by atoms with E-state index in [1.165, 1.54) is 35.2 Å². The molecule has 2 aliphatic carbocycles. The minimum Gasteiger partial charge on any atom is -0.413 e. The molecule has 49 heavy (non-hydrogen) atoms. The summed E-state index contributed by atoms with van der Waals surface area (Å²) in [7, 11) is -4.67. The fraction of sp³-hybridized carbons (Fsp3) is 0.619. The number of aliphatic hydroxyl groups is 1. The molecule has 1 N–H and O–H groups in total. The molecule has 1 saturated carbocycles. The Bertz CT molecular complexity index is 1400. The Morgan fingerprint density at radius 1 is 0.878 bits per heavy atom. The van der Waals surface area contributed by atoms with Crippen LogP contribution in [0.2, 0.25) is 23.2 Å². The fourth-order valence-electron chi connectivity index (χ4n) is 8.03. The summed E-state index contributed by atoms with van der Waals surface area (Å²) in [5.41, 5.74) is 1.57. The molecule has 1 saturated heterocycles. The summed E-state index contributed by atoms with van der Waals surface area (Å²) in [6, 6.07) is 21.7. The third-order valence-electron chi connectivity index (χ3n) is 12.1. The monoisotopic (exact) mass is 704 g/mol. The normalized spacial score (nSPS) is 27.8. The van der Waals surface area contributed by atoms with Gasteiger partial charge in [-0.1, -0.05) is 146 Å². The molecule has 7 heteroatoms. The zero-order valence-corrected chi connectivity index (χ0v) is 34.1. The number of aliphatic hydroxyl groups excluding tert-OH is 1. The fourth-order valence-corrected chi connectivity index (χ4v) is 13.6. The van der Waals surface area contributed by atoms with E-state index >= 15 is 0 Å². The minimum absolute atomic E-state index is 0.113. The number of hydrogen-bond donors (Lipinski definition) is 1. The van der Waals surface area contributed by atoms with Crippen molar-refractivity contribution in [3.05, 3.63) is 84.0 Å². The van der Waals surface area contributed by atoms with Gasteiger partial charge in [-0.15, -0.1) is 0 Å². The van der Waals surface area contributed by atoms with Crippen LogP contribution in [0.3, 0.4) is 0 Å². The Kier molecular flexibility index (Phi) is 11.8. The van der Waals surface area contributed by atoms with E-state index in [4.69, 9.17) is 18.3 Å². The zero-order valence-electron chi connectivity index (χ0n) is 32.1. The molecule has 270 valence electrons. The standard InChI is InChI=1S/C42H64O5Si2/c1-31(29-44-48(9,10)40(3,4)5)26-35-27-34(32(2)28-42(35)39(43)46-38(47-42)33-20-14-11-15-21-33)30-45-49(41(6,7)8,36-22-16-12-17-23-36)37-24-18-13-19-25-37/h12-13,16-19,22-27,32-33,35,38-39,43H,11,14-15,20-21,28-30H2,1-10H3/b31-26+/t32-,35-,38-,39?,42+/m0/s1. The molecule has 0 bridgehead atoms. The molecule has 1 heterocycles. The maximum absolute atomic E-state index is 11.8. The molecule has 3 aliphatic rings. The lowest BCUT2D eigenvalue weighted by Crippen LogP contribution is -2.66. The predicted octanol–water partition coefficient (Wildman–Crippen LogP) is 9.12. The molecule has 5 nitrogen and oxygen atoms in total. The Hall–Kier alpha value is -1.85. The molecule has 1 spiro atoms. The van der Waals surface area contributed by atoms with Crippen molar-refractivity contribution in [2.24, 2.45) is 17.8 Å². The number of rotatable bonds is 10. The highest BCUT2D eigenvalue weighted by molar-refractivity contribution is 6.99. The highest BCUT2D eigenvalue weighted by Gasteiger charge is 2.57. The van der Waals surface area contributed by atoms with E-state index in [1.807, 2.05) is 0 Å². The third kappa shape index (κ3) is 7.98. The Balaban J connectivity index is 1.51. The first-order chi connectivity index (χ1) is 23.0. The minimum atomic E-state index is -2.73. The molecule has 1 aliphatic heterocycles. The lowest BCUT2D eigenvalue weighted by molar-refractivity contribution is -0.146. The maximum atomic E-state index is 11.8. The van der Waals surface area contributed by atoms with Crippen molar-refractivity contribution in [2.75, 3.05) is 13.2 Å². The molecule has 0 aromatic heterocycles. The molecule has 2 fully saturated rings. The van der Waals surface area contributed by atoms with Crippen molar-refractivity contribution >= 4 is 27.0 Å². The first-order valence-corrected chi connectivity index (χ1v) is 23.6. The van der Waals surface area contributed by atoms with Crippen LogP contribution in [-0.2, 0) is 18.3 Å². The van der Waals surface area contributed by atoms with Crippen LogP contribution in [-0.4, -0.2) is 53.1 Å². The summed E-state index contributed by atoms with van der Waals surface area (Å²) in [4.78, 5) is 0. The summed E-state index contributed by atoms with van der Waals surface area (Å²) >= 11 is 0. The Labute approximate surface area is 299 Å². The second kappa shape index (κ2) is 15.0. The molecule has 2 aromatic rings. The predicted molar refractivity (Wildman–Crippen MR) is 207 cm³/mol. The topological polar surface area (TPSA) is 57.2 Å². The van der Waals surface area contributed by atoms with E-state index in [2.05, 4.69) is 141 Å². The van der Waals surface area contributed by atoms with Crippen molar-refractivity contribution in [2.45, 2.75) is 135 Å². The second-order valence-corrected chi connectivity index (χ2v) is 26.8. The smallest absolute Gasteiger partial charge is 0.261 e. The van der Waals surface area contributed by atoms with Gasteiger partial charge in [0.1, 0.15) is 5.60 Å². The van der Waals surface area contributed by atoms with Crippen LogP contribution >= 0.6 is 0 Å². The molecule has 5 rings (SSSR count). The van der Waals surface area contributed by atoms with Gasteiger partial charge in [0.05, 0.1) is 13.2 Å². The summed E-state index contributed by atoms with van der Waals surface area (Å²) in [5, 5.41) is 14.3. The van der Waals surface area contributed by atoms with Crippen molar-refractivity contribution in [1.82, 2.24) is 0 Å². The Morgan fingerprint density at radius 2 is 1.45 bits per heavy atom. The third-order valence-corrected chi connectivity index (χ3v) is 21.5. The van der Waals surface area contributed by atoms with E-state index in [9.17, 15) is 5.11 Å². The van der Waals surface area contributed by atoms with Crippen molar-refractivity contribution in [1.29, 1.82) is 0 Å². The van der Waals surface area contributed by atoms with Gasteiger partial charge in [0, 0.05) is 11.8 Å². The average molecular weight is 705 g/mol. The van der Waals surface area contributed by atoms with Gasteiger partial charge in [-0.3, -0.25) is 0 Å². The van der Waals surface area contributed by atoms with Gasteiger partial charge in [0.25, 0.3) is 8.32 Å². The highest BCUT2D eigenvalue weighted by atomic mass is 28.4. The average Bonchev–Trinajstić information content (AvgIpc) is 3.38. The molecule has 0 amide bonds. The number of benzene rings is 2. The van der Waals surface area contributed by atoms with Gasteiger partial charge >= 0.3 is 0 Å². The van der Waals surface area contributed by atoms with Crippen LogP contribution in [0.5, 0.6) is 0 Å². The van der Waals surface area contributed by atoms with Crippen LogP contribution in [0.4, 0.5) is 0 Å². The lowest BCUT2D eigenvalue weighted by Gasteiger charge is -2.45. The largest absolute Gasteiger partial charge is 0.413 e. The molecule has 0 radical (unpaired) electrons. The van der Waals surface area contributed by atoms with E-state index in [0.29, 0.717) is 25.6 Å². The number of ether oxygens (including phenoxy) is 2. The van der Waals surface area contributed by atoms with Crippen LogP contribution in [0.25, 0.3) is 0 Å². The maximum Gasteiger partial charge on any atom is 0.261 e. The van der Waals surface area contributed by atoms with Gasteiger partial charge < -0.3 is 23.4 Å². The lowest BCUT2D eigenvalue weighted by atomic mass is 9.71. The zero-order chi connectivity index (χ0) is 35.7. The summed E-state index contributed by atoms with van der Waals surface area (Å²) < 4.78 is 27.4. The molecular formula is C42H64O5Si2. The molecule has 5 atom stereocenters. The first kappa shape index (κ1) is 38.4. The highest BCUT2D eigenvalue weighted by Crippen LogP contribution is 2.50. The van der Waals surface area contributed by atoms with E-state index in [1.54, 1.807) is 0 Å². The van der Waals surface area contributed by atoms with E-state index < -0.39 is 28.5 Å². The number of hydrogen-bond acceptors (Lipinski definition) is 5. The van der Waals surface area contributed by atoms with Crippen LogP contribution in [0.1, 0.15) is 93.9 Å². The van der Waals surface area contributed by atoms with Crippen molar-refractivity contribution < 1.29 is 23.4 Å². The van der Waals surface area contributed by atoms with Gasteiger partial charge in [-0.05, 0) is 71.2 Å². The second-order valence-electron chi connectivity index (χ2n) is 17.7. The van der Waals surface area contributed by atoms with Crippen molar-refractivity contribution in [3.8, 4) is 0 Å². The van der Waals surface area contributed by atoms with Gasteiger partial charge in [-0.2, -0.15) is 0 Å². The molecule has 1 unspecified atom stereocenters. The SMILES string of the molecule is C/C(=C\[C@H]1C=C(CO[Si](c2ccccc2)(c2ccccc2)C(C)(C)C)[C@@H](C)C[C@@]12O[C@@H](C1CCCCC1)OC2O)CO[Si](C)(C)C(C)(C)C. The van der Waals surface area contributed by atoms with Gasteiger partial charge in [0.15, 0.2) is 20.9 Å². The van der Waals surface area contributed by atoms with Crippen LogP contribution in [0.15, 0.2) is 84.0 Å². The van der Waals surface area contributed by atoms with Crippen LogP contribution in [0, 0.1) is 17.8 Å². The molecular weight excluding hydrogens is 641 g/mol.